The Bertz CT molecular complexity index is 954. The van der Waals surface area contributed by atoms with E-state index in [0.717, 1.165) is 5.56 Å². The highest BCUT2D eigenvalue weighted by Gasteiger charge is 2.14. The number of carbonyl (C=O) groups excluding carboxylic acids is 1. The number of nitrogens with one attached hydrogen (secondary N) is 1. The van der Waals surface area contributed by atoms with Crippen LogP contribution >= 0.6 is 11.6 Å². The Labute approximate surface area is 149 Å². The van der Waals surface area contributed by atoms with E-state index in [1.165, 1.54) is 16.8 Å². The van der Waals surface area contributed by atoms with E-state index < -0.39 is 0 Å². The van der Waals surface area contributed by atoms with E-state index in [1.807, 2.05) is 25.1 Å². The zero-order valence-corrected chi connectivity index (χ0v) is 14.3. The van der Waals surface area contributed by atoms with Gasteiger partial charge in [0, 0.05) is 11.1 Å². The number of aromatic nitrogens is 2. The molecular formula is C19H16ClN3O2. The van der Waals surface area contributed by atoms with E-state index in [9.17, 15) is 9.59 Å². The lowest BCUT2D eigenvalue weighted by Gasteiger charge is -2.14. The molecule has 0 aliphatic heterocycles. The third kappa shape index (κ3) is 3.95. The average molecular weight is 354 g/mol. The summed E-state index contributed by atoms with van der Waals surface area (Å²) in [6.45, 7) is 1.86. The second-order valence-electron chi connectivity index (χ2n) is 5.55. The molecule has 0 saturated carbocycles. The largest absolute Gasteiger partial charge is 0.344 e. The van der Waals surface area contributed by atoms with Crippen molar-refractivity contribution in [1.82, 2.24) is 15.1 Å². The van der Waals surface area contributed by atoms with Crippen LogP contribution in [0.3, 0.4) is 0 Å². The molecule has 0 spiro atoms. The molecule has 0 aliphatic rings. The van der Waals surface area contributed by atoms with Gasteiger partial charge in [-0.2, -0.15) is 9.78 Å². The van der Waals surface area contributed by atoms with Crippen LogP contribution in [0.25, 0.3) is 5.69 Å². The molecule has 25 heavy (non-hydrogen) atoms. The van der Waals surface area contributed by atoms with Gasteiger partial charge < -0.3 is 5.32 Å². The van der Waals surface area contributed by atoms with Crippen LogP contribution in [-0.4, -0.2) is 15.7 Å². The maximum atomic E-state index is 12.5. The van der Waals surface area contributed by atoms with Crippen molar-refractivity contribution in [3.63, 3.8) is 0 Å². The van der Waals surface area contributed by atoms with Crippen molar-refractivity contribution >= 4 is 17.5 Å². The van der Waals surface area contributed by atoms with Crippen LogP contribution in [0.5, 0.6) is 0 Å². The van der Waals surface area contributed by atoms with Gasteiger partial charge in [0.25, 0.3) is 11.5 Å². The zero-order chi connectivity index (χ0) is 17.8. The molecule has 3 aromatic rings. The summed E-state index contributed by atoms with van der Waals surface area (Å²) < 4.78 is 1.21. The zero-order valence-electron chi connectivity index (χ0n) is 13.5. The molecule has 1 atom stereocenters. The summed E-state index contributed by atoms with van der Waals surface area (Å²) in [7, 11) is 0. The van der Waals surface area contributed by atoms with Crippen LogP contribution < -0.4 is 10.9 Å². The molecule has 2 aromatic carbocycles. The predicted molar refractivity (Wildman–Crippen MR) is 97.2 cm³/mol. The van der Waals surface area contributed by atoms with Crippen LogP contribution in [0.2, 0.25) is 5.02 Å². The number of para-hydroxylation sites is 1. The first-order valence-corrected chi connectivity index (χ1v) is 8.14. The molecule has 1 amide bonds. The monoisotopic (exact) mass is 353 g/mol. The first kappa shape index (κ1) is 16.9. The highest BCUT2D eigenvalue weighted by molar-refractivity contribution is 6.30. The summed E-state index contributed by atoms with van der Waals surface area (Å²) >= 11 is 5.99. The fourth-order valence-electron chi connectivity index (χ4n) is 2.42. The van der Waals surface area contributed by atoms with Crippen molar-refractivity contribution in [2.45, 2.75) is 13.0 Å². The van der Waals surface area contributed by atoms with Crippen molar-refractivity contribution in [3.8, 4) is 5.69 Å². The molecule has 0 fully saturated rings. The third-order valence-corrected chi connectivity index (χ3v) is 3.97. The number of hydrogen-bond donors (Lipinski definition) is 1. The second-order valence-corrected chi connectivity index (χ2v) is 5.99. The minimum absolute atomic E-state index is 0.164. The SMILES string of the molecule is C[C@@H](NC(=O)c1ccc(=O)n(-c2ccccc2)n1)c1cccc(Cl)c1. The van der Waals surface area contributed by atoms with E-state index in [2.05, 4.69) is 10.4 Å². The van der Waals surface area contributed by atoms with Crippen molar-refractivity contribution in [3.05, 3.63) is 93.4 Å². The molecule has 1 N–H and O–H groups in total. The quantitative estimate of drug-likeness (QED) is 0.782. The molecular weight excluding hydrogens is 338 g/mol. The Balaban J connectivity index is 1.84. The molecule has 0 saturated heterocycles. The minimum atomic E-state index is -0.364. The van der Waals surface area contributed by atoms with E-state index in [1.54, 1.807) is 36.4 Å². The highest BCUT2D eigenvalue weighted by atomic mass is 35.5. The molecule has 1 aromatic heterocycles. The number of hydrogen-bond acceptors (Lipinski definition) is 3. The Morgan fingerprint density at radius 1 is 1.08 bits per heavy atom. The number of amides is 1. The van der Waals surface area contributed by atoms with Gasteiger partial charge in [0.05, 0.1) is 11.7 Å². The summed E-state index contributed by atoms with van der Waals surface area (Å²) in [6.07, 6.45) is 0. The molecule has 1 heterocycles. The Morgan fingerprint density at radius 3 is 2.56 bits per heavy atom. The fourth-order valence-corrected chi connectivity index (χ4v) is 2.62. The average Bonchev–Trinajstić information content (AvgIpc) is 2.62. The summed E-state index contributed by atoms with van der Waals surface area (Å²) in [5, 5.41) is 7.64. The number of carbonyl (C=O) groups is 1. The van der Waals surface area contributed by atoms with Crippen LogP contribution in [0.15, 0.2) is 71.5 Å². The van der Waals surface area contributed by atoms with Crippen LogP contribution in [-0.2, 0) is 0 Å². The number of rotatable bonds is 4. The van der Waals surface area contributed by atoms with Crippen molar-refractivity contribution in [1.29, 1.82) is 0 Å². The van der Waals surface area contributed by atoms with Gasteiger partial charge in [-0.15, -0.1) is 0 Å². The van der Waals surface area contributed by atoms with Crippen molar-refractivity contribution in [2.75, 3.05) is 0 Å². The molecule has 0 radical (unpaired) electrons. The fraction of sp³-hybridized carbons (Fsp3) is 0.105. The lowest BCUT2D eigenvalue weighted by Crippen LogP contribution is -2.30. The first-order valence-electron chi connectivity index (χ1n) is 7.77. The molecule has 0 bridgehead atoms. The highest BCUT2D eigenvalue weighted by Crippen LogP contribution is 2.17. The normalized spacial score (nSPS) is 11.8. The van der Waals surface area contributed by atoms with Gasteiger partial charge in [0.1, 0.15) is 5.69 Å². The smallest absolute Gasteiger partial charge is 0.272 e. The van der Waals surface area contributed by atoms with E-state index in [-0.39, 0.29) is 23.2 Å². The van der Waals surface area contributed by atoms with Gasteiger partial charge in [-0.1, -0.05) is 41.9 Å². The second kappa shape index (κ2) is 7.32. The van der Waals surface area contributed by atoms with Crippen molar-refractivity contribution < 1.29 is 4.79 Å². The molecule has 5 nitrogen and oxygen atoms in total. The van der Waals surface area contributed by atoms with Gasteiger partial charge in [0.2, 0.25) is 0 Å². The molecule has 0 unspecified atom stereocenters. The van der Waals surface area contributed by atoms with Gasteiger partial charge in [-0.25, -0.2) is 0 Å². The molecule has 0 aliphatic carbocycles. The van der Waals surface area contributed by atoms with Gasteiger partial charge in [0.15, 0.2) is 0 Å². The predicted octanol–water partition coefficient (Wildman–Crippen LogP) is 3.38. The van der Waals surface area contributed by atoms with Crippen LogP contribution in [0.1, 0.15) is 29.0 Å². The minimum Gasteiger partial charge on any atom is -0.344 e. The lowest BCUT2D eigenvalue weighted by atomic mass is 10.1. The van der Waals surface area contributed by atoms with Gasteiger partial charge in [-0.05, 0) is 42.8 Å². The maximum absolute atomic E-state index is 12.5. The van der Waals surface area contributed by atoms with E-state index in [4.69, 9.17) is 11.6 Å². The maximum Gasteiger partial charge on any atom is 0.272 e. The number of halogens is 1. The third-order valence-electron chi connectivity index (χ3n) is 3.73. The first-order chi connectivity index (χ1) is 12.0. The number of benzene rings is 2. The van der Waals surface area contributed by atoms with Crippen LogP contribution in [0, 0.1) is 0 Å². The molecule has 126 valence electrons. The van der Waals surface area contributed by atoms with Crippen molar-refractivity contribution in [2.24, 2.45) is 0 Å². The summed E-state index contributed by atoms with van der Waals surface area (Å²) in [4.78, 5) is 24.5. The standard InChI is InChI=1S/C19H16ClN3O2/c1-13(14-6-5-7-15(20)12-14)21-19(25)17-10-11-18(24)23(22-17)16-8-3-2-4-9-16/h2-13H,1H3,(H,21,25)/t13-/m1/s1. The summed E-state index contributed by atoms with van der Waals surface area (Å²) in [5.41, 5.74) is 1.35. The summed E-state index contributed by atoms with van der Waals surface area (Å²) in [5.74, 6) is -0.364. The van der Waals surface area contributed by atoms with E-state index >= 15 is 0 Å². The Kier molecular flexibility index (Phi) is 4.95. The number of nitrogens with zero attached hydrogens (tertiary/aromatic N) is 2. The molecule has 3 rings (SSSR count). The molecule has 6 heteroatoms. The summed E-state index contributed by atoms with van der Waals surface area (Å²) in [6, 6.07) is 18.7. The van der Waals surface area contributed by atoms with E-state index in [0.29, 0.717) is 10.7 Å². The van der Waals surface area contributed by atoms with Gasteiger partial charge in [-0.3, -0.25) is 9.59 Å². The Morgan fingerprint density at radius 2 is 1.84 bits per heavy atom. The van der Waals surface area contributed by atoms with Crippen LogP contribution in [0.4, 0.5) is 0 Å². The Hall–Kier alpha value is -2.92. The topological polar surface area (TPSA) is 64.0 Å². The lowest BCUT2D eigenvalue weighted by molar-refractivity contribution is 0.0933. The van der Waals surface area contributed by atoms with Gasteiger partial charge >= 0.3 is 0 Å².